The van der Waals surface area contributed by atoms with Crippen molar-refractivity contribution < 1.29 is 0 Å². The van der Waals surface area contributed by atoms with E-state index in [1.165, 1.54) is 5.56 Å². The highest BCUT2D eigenvalue weighted by Crippen LogP contribution is 2.16. The van der Waals surface area contributed by atoms with Gasteiger partial charge in [0, 0.05) is 13.1 Å². The minimum atomic E-state index is 0.0971. The molecule has 0 aliphatic carbocycles. The molecule has 1 aromatic carbocycles. The Hall–Kier alpha value is -1.68. The van der Waals surface area contributed by atoms with E-state index in [1.807, 2.05) is 18.2 Å². The molecule has 2 aromatic rings. The highest BCUT2D eigenvalue weighted by Gasteiger charge is 2.20. The number of hydrogen-bond acceptors (Lipinski definition) is 3. The maximum absolute atomic E-state index is 12.6. The van der Waals surface area contributed by atoms with Crippen LogP contribution in [0.15, 0.2) is 29.3 Å². The van der Waals surface area contributed by atoms with E-state index in [-0.39, 0.29) is 5.56 Å². The normalized spacial score (nSPS) is 19.8. The Kier molecular flexibility index (Phi) is 3.57. The van der Waals surface area contributed by atoms with Crippen LogP contribution in [0.4, 0.5) is 0 Å². The van der Waals surface area contributed by atoms with Gasteiger partial charge in [-0.15, -0.1) is 0 Å². The van der Waals surface area contributed by atoms with Gasteiger partial charge in [-0.2, -0.15) is 0 Å². The lowest BCUT2D eigenvalue weighted by molar-refractivity contribution is 0.375. The largest absolute Gasteiger partial charge is 0.306 e. The first kappa shape index (κ1) is 13.3. The number of nitrogens with zero attached hydrogens (tertiary/aromatic N) is 3. The van der Waals surface area contributed by atoms with Gasteiger partial charge in [0.15, 0.2) is 0 Å². The molecular weight excluding hydrogens is 250 g/mol. The number of hydrogen-bond donors (Lipinski definition) is 0. The minimum absolute atomic E-state index is 0.0971. The van der Waals surface area contributed by atoms with Gasteiger partial charge in [-0.1, -0.05) is 13.0 Å². The minimum Gasteiger partial charge on any atom is -0.306 e. The van der Waals surface area contributed by atoms with Crippen molar-refractivity contribution in [1.82, 2.24) is 14.5 Å². The molecule has 0 spiro atoms. The molecule has 2 heterocycles. The Morgan fingerprint density at radius 1 is 1.40 bits per heavy atom. The highest BCUT2D eigenvalue weighted by atomic mass is 16.1. The van der Waals surface area contributed by atoms with Crippen molar-refractivity contribution in [3.8, 4) is 0 Å². The van der Waals surface area contributed by atoms with Crippen LogP contribution in [0.1, 0.15) is 18.9 Å². The van der Waals surface area contributed by atoms with Crippen LogP contribution in [0.5, 0.6) is 0 Å². The van der Waals surface area contributed by atoms with Gasteiger partial charge in [-0.3, -0.25) is 9.36 Å². The van der Waals surface area contributed by atoms with Crippen LogP contribution in [0.2, 0.25) is 0 Å². The molecule has 1 aliphatic rings. The molecule has 0 unspecified atom stereocenters. The average molecular weight is 271 g/mol. The number of aromatic nitrogens is 2. The Balaban J connectivity index is 1.95. The third-order valence-electron chi connectivity index (χ3n) is 4.24. The SMILES string of the molecule is CCc1ccc2ncn(C[C@@H]3CCN(C)C3)c(=O)c2c1. The molecule has 1 aromatic heterocycles. The fourth-order valence-electron chi connectivity index (χ4n) is 3.01. The fourth-order valence-corrected chi connectivity index (χ4v) is 3.01. The summed E-state index contributed by atoms with van der Waals surface area (Å²) in [6.45, 7) is 5.08. The second-order valence-electron chi connectivity index (χ2n) is 5.82. The van der Waals surface area contributed by atoms with Gasteiger partial charge in [-0.25, -0.2) is 4.98 Å². The molecule has 0 amide bonds. The van der Waals surface area contributed by atoms with Gasteiger partial charge in [0.05, 0.1) is 17.2 Å². The monoisotopic (exact) mass is 271 g/mol. The fraction of sp³-hybridized carbons (Fsp3) is 0.500. The molecule has 20 heavy (non-hydrogen) atoms. The molecule has 4 heteroatoms. The van der Waals surface area contributed by atoms with Gasteiger partial charge in [0.25, 0.3) is 5.56 Å². The molecule has 0 radical (unpaired) electrons. The average Bonchev–Trinajstić information content (AvgIpc) is 2.87. The van der Waals surface area contributed by atoms with Crippen LogP contribution in [-0.2, 0) is 13.0 Å². The van der Waals surface area contributed by atoms with Gasteiger partial charge in [0.2, 0.25) is 0 Å². The van der Waals surface area contributed by atoms with E-state index < -0.39 is 0 Å². The second-order valence-corrected chi connectivity index (χ2v) is 5.82. The van der Waals surface area contributed by atoms with Crippen molar-refractivity contribution in [3.63, 3.8) is 0 Å². The molecule has 1 atom stereocenters. The number of rotatable bonds is 3. The van der Waals surface area contributed by atoms with E-state index in [2.05, 4.69) is 23.9 Å². The zero-order valence-electron chi connectivity index (χ0n) is 12.2. The van der Waals surface area contributed by atoms with Gasteiger partial charge in [0.1, 0.15) is 0 Å². The Labute approximate surface area is 119 Å². The van der Waals surface area contributed by atoms with E-state index in [9.17, 15) is 4.79 Å². The quantitative estimate of drug-likeness (QED) is 0.856. The number of fused-ring (bicyclic) bond motifs is 1. The van der Waals surface area contributed by atoms with Gasteiger partial charge in [-0.05, 0) is 50.0 Å². The summed E-state index contributed by atoms with van der Waals surface area (Å²) in [6, 6.07) is 5.98. The molecule has 4 nitrogen and oxygen atoms in total. The van der Waals surface area contributed by atoms with Gasteiger partial charge < -0.3 is 4.90 Å². The predicted octanol–water partition coefficient (Wildman–Crippen LogP) is 1.91. The summed E-state index contributed by atoms with van der Waals surface area (Å²) in [4.78, 5) is 19.3. The second kappa shape index (κ2) is 5.37. The first-order valence-corrected chi connectivity index (χ1v) is 7.34. The smallest absolute Gasteiger partial charge is 0.261 e. The van der Waals surface area contributed by atoms with Crippen LogP contribution >= 0.6 is 0 Å². The Morgan fingerprint density at radius 3 is 2.95 bits per heavy atom. The topological polar surface area (TPSA) is 38.1 Å². The summed E-state index contributed by atoms with van der Waals surface area (Å²) in [6.07, 6.45) is 3.81. The maximum Gasteiger partial charge on any atom is 0.261 e. The van der Waals surface area contributed by atoms with E-state index in [1.54, 1.807) is 10.9 Å². The van der Waals surface area contributed by atoms with E-state index >= 15 is 0 Å². The molecule has 3 rings (SSSR count). The highest BCUT2D eigenvalue weighted by molar-refractivity contribution is 5.78. The molecular formula is C16H21N3O. The predicted molar refractivity (Wildman–Crippen MR) is 81.0 cm³/mol. The van der Waals surface area contributed by atoms with Gasteiger partial charge >= 0.3 is 0 Å². The van der Waals surface area contributed by atoms with Crippen LogP contribution in [0.25, 0.3) is 10.9 Å². The summed E-state index contributed by atoms with van der Waals surface area (Å²) in [5.41, 5.74) is 2.08. The zero-order chi connectivity index (χ0) is 14.1. The standard InChI is InChI=1S/C16H21N3O/c1-3-12-4-5-15-14(8-12)16(20)19(11-17-15)10-13-6-7-18(2)9-13/h4-5,8,11,13H,3,6-7,9-10H2,1-2H3/t13-/m1/s1. The lowest BCUT2D eigenvalue weighted by atomic mass is 10.1. The van der Waals surface area contributed by atoms with Crippen LogP contribution in [0, 0.1) is 5.92 Å². The zero-order valence-corrected chi connectivity index (χ0v) is 12.2. The van der Waals surface area contributed by atoms with E-state index in [0.29, 0.717) is 5.92 Å². The van der Waals surface area contributed by atoms with Crippen molar-refractivity contribution in [2.75, 3.05) is 20.1 Å². The Morgan fingerprint density at radius 2 is 2.25 bits per heavy atom. The number of aryl methyl sites for hydroxylation is 1. The molecule has 0 bridgehead atoms. The van der Waals surface area contributed by atoms with E-state index in [4.69, 9.17) is 0 Å². The summed E-state index contributed by atoms with van der Waals surface area (Å²) >= 11 is 0. The lowest BCUT2D eigenvalue weighted by Gasteiger charge is -2.13. The lowest BCUT2D eigenvalue weighted by Crippen LogP contribution is -2.25. The molecule has 1 aliphatic heterocycles. The van der Waals surface area contributed by atoms with Crippen molar-refractivity contribution in [1.29, 1.82) is 0 Å². The molecule has 1 saturated heterocycles. The first-order chi connectivity index (χ1) is 9.67. The third-order valence-corrected chi connectivity index (χ3v) is 4.24. The maximum atomic E-state index is 12.6. The van der Waals surface area contributed by atoms with Crippen LogP contribution in [-0.4, -0.2) is 34.6 Å². The van der Waals surface area contributed by atoms with Crippen molar-refractivity contribution in [2.45, 2.75) is 26.3 Å². The molecule has 106 valence electrons. The Bertz CT molecular complexity index is 677. The molecule has 0 N–H and O–H groups in total. The first-order valence-electron chi connectivity index (χ1n) is 7.34. The summed E-state index contributed by atoms with van der Waals surface area (Å²) in [7, 11) is 2.13. The molecule has 0 saturated carbocycles. The van der Waals surface area contributed by atoms with Crippen molar-refractivity contribution in [2.24, 2.45) is 5.92 Å². The van der Waals surface area contributed by atoms with Crippen molar-refractivity contribution >= 4 is 10.9 Å². The summed E-state index contributed by atoms with van der Waals surface area (Å²) in [5.74, 6) is 0.561. The van der Waals surface area contributed by atoms with Crippen molar-refractivity contribution in [3.05, 3.63) is 40.4 Å². The number of likely N-dealkylation sites (tertiary alicyclic amines) is 1. The third kappa shape index (κ3) is 2.48. The van der Waals surface area contributed by atoms with E-state index in [0.717, 1.165) is 43.4 Å². The van der Waals surface area contributed by atoms with Crippen LogP contribution in [0.3, 0.4) is 0 Å². The summed E-state index contributed by atoms with van der Waals surface area (Å²) in [5, 5.41) is 0.748. The summed E-state index contributed by atoms with van der Waals surface area (Å²) < 4.78 is 1.78. The van der Waals surface area contributed by atoms with Crippen LogP contribution < -0.4 is 5.56 Å². The number of benzene rings is 1. The molecule has 1 fully saturated rings.